The molecule has 1 aromatic carbocycles. The van der Waals surface area contributed by atoms with Gasteiger partial charge in [0, 0.05) is 5.56 Å². The first-order valence-corrected chi connectivity index (χ1v) is 4.73. The van der Waals surface area contributed by atoms with Crippen LogP contribution in [0.1, 0.15) is 5.56 Å². The molecule has 0 atom stereocenters. The molecule has 0 fully saturated rings. The molecule has 0 aliphatic rings. The summed E-state index contributed by atoms with van der Waals surface area (Å²) in [4.78, 5) is 0. The van der Waals surface area contributed by atoms with Crippen LogP contribution in [-0.2, 0) is 6.42 Å². The van der Waals surface area contributed by atoms with E-state index in [9.17, 15) is 0 Å². The molecule has 0 saturated carbocycles. The Morgan fingerprint density at radius 1 is 1.07 bits per heavy atom. The molecule has 1 aromatic heterocycles. The third-order valence-corrected chi connectivity index (χ3v) is 2.22. The Hall–Kier alpha value is -1.54. The van der Waals surface area contributed by atoms with Gasteiger partial charge in [-0.15, -0.1) is 0 Å². The monoisotopic (exact) mass is 187 g/mol. The zero-order chi connectivity index (χ0) is 9.80. The lowest BCUT2D eigenvalue weighted by Gasteiger charge is -2.04. The van der Waals surface area contributed by atoms with E-state index in [1.54, 1.807) is 6.26 Å². The van der Waals surface area contributed by atoms with E-state index in [1.165, 1.54) is 5.56 Å². The van der Waals surface area contributed by atoms with Gasteiger partial charge in [0.25, 0.3) is 0 Å². The Morgan fingerprint density at radius 2 is 1.93 bits per heavy atom. The van der Waals surface area contributed by atoms with Gasteiger partial charge in [0.15, 0.2) is 0 Å². The Labute approximate surface area is 83.4 Å². The third-order valence-electron chi connectivity index (χ3n) is 2.22. The Morgan fingerprint density at radius 3 is 2.64 bits per heavy atom. The molecule has 72 valence electrons. The van der Waals surface area contributed by atoms with Crippen molar-refractivity contribution in [3.63, 3.8) is 0 Å². The maximum atomic E-state index is 5.55. The second kappa shape index (κ2) is 4.11. The number of furan rings is 1. The zero-order valence-electron chi connectivity index (χ0n) is 7.94. The van der Waals surface area contributed by atoms with E-state index < -0.39 is 0 Å². The number of benzene rings is 1. The number of hydrogen-bond donors (Lipinski definition) is 1. The molecule has 2 N–H and O–H groups in total. The van der Waals surface area contributed by atoms with Gasteiger partial charge in [-0.25, -0.2) is 0 Å². The van der Waals surface area contributed by atoms with Crippen molar-refractivity contribution in [2.75, 3.05) is 6.54 Å². The molecule has 0 aliphatic carbocycles. The van der Waals surface area contributed by atoms with Crippen LogP contribution in [0.4, 0.5) is 0 Å². The van der Waals surface area contributed by atoms with Crippen molar-refractivity contribution in [2.24, 2.45) is 5.73 Å². The van der Waals surface area contributed by atoms with Crippen LogP contribution in [0.3, 0.4) is 0 Å². The summed E-state index contributed by atoms with van der Waals surface area (Å²) in [5, 5.41) is 0. The van der Waals surface area contributed by atoms with Crippen molar-refractivity contribution in [3.05, 3.63) is 48.2 Å². The molecule has 1 heterocycles. The van der Waals surface area contributed by atoms with Crippen molar-refractivity contribution in [3.8, 4) is 11.3 Å². The summed E-state index contributed by atoms with van der Waals surface area (Å²) in [6, 6.07) is 12.0. The average molecular weight is 187 g/mol. The molecule has 2 aromatic rings. The van der Waals surface area contributed by atoms with Crippen LogP contribution >= 0.6 is 0 Å². The topological polar surface area (TPSA) is 39.2 Å². The van der Waals surface area contributed by atoms with Crippen LogP contribution < -0.4 is 5.73 Å². The van der Waals surface area contributed by atoms with Crippen LogP contribution in [0.2, 0.25) is 0 Å². The van der Waals surface area contributed by atoms with Crippen LogP contribution in [0, 0.1) is 0 Å². The van der Waals surface area contributed by atoms with Gasteiger partial charge in [0.05, 0.1) is 6.26 Å². The fraction of sp³-hybridized carbons (Fsp3) is 0.167. The predicted molar refractivity (Wildman–Crippen MR) is 56.9 cm³/mol. The van der Waals surface area contributed by atoms with Gasteiger partial charge in [-0.05, 0) is 30.7 Å². The summed E-state index contributed by atoms with van der Waals surface area (Å²) >= 11 is 0. The molecule has 0 amide bonds. The van der Waals surface area contributed by atoms with Gasteiger partial charge >= 0.3 is 0 Å². The van der Waals surface area contributed by atoms with E-state index in [0.29, 0.717) is 6.54 Å². The molecular weight excluding hydrogens is 174 g/mol. The van der Waals surface area contributed by atoms with E-state index in [2.05, 4.69) is 12.1 Å². The molecule has 0 radical (unpaired) electrons. The Bertz CT molecular complexity index is 392. The van der Waals surface area contributed by atoms with Gasteiger partial charge in [0.2, 0.25) is 0 Å². The van der Waals surface area contributed by atoms with E-state index in [-0.39, 0.29) is 0 Å². The SMILES string of the molecule is NCCc1ccccc1-c1ccco1. The fourth-order valence-corrected chi connectivity index (χ4v) is 1.57. The fourth-order valence-electron chi connectivity index (χ4n) is 1.57. The maximum absolute atomic E-state index is 5.55. The molecule has 2 rings (SSSR count). The highest BCUT2D eigenvalue weighted by Crippen LogP contribution is 2.23. The molecule has 0 aliphatic heterocycles. The van der Waals surface area contributed by atoms with Crippen LogP contribution in [0.15, 0.2) is 47.1 Å². The largest absolute Gasteiger partial charge is 0.464 e. The number of nitrogens with two attached hydrogens (primary N) is 1. The predicted octanol–water partition coefficient (Wildman–Crippen LogP) is 2.45. The zero-order valence-corrected chi connectivity index (χ0v) is 7.94. The summed E-state index contributed by atoms with van der Waals surface area (Å²) < 4.78 is 5.37. The van der Waals surface area contributed by atoms with Crippen molar-refractivity contribution in [2.45, 2.75) is 6.42 Å². The van der Waals surface area contributed by atoms with Gasteiger partial charge in [-0.2, -0.15) is 0 Å². The summed E-state index contributed by atoms with van der Waals surface area (Å²) in [5.41, 5.74) is 7.93. The molecule has 0 saturated heterocycles. The van der Waals surface area contributed by atoms with Crippen LogP contribution in [0.5, 0.6) is 0 Å². The molecule has 2 nitrogen and oxygen atoms in total. The van der Waals surface area contributed by atoms with E-state index in [1.807, 2.05) is 24.3 Å². The standard InChI is InChI=1S/C12H13NO/c13-8-7-10-4-1-2-5-11(10)12-6-3-9-14-12/h1-6,9H,7-8,13H2. The Kier molecular flexibility index (Phi) is 2.65. The summed E-state index contributed by atoms with van der Waals surface area (Å²) in [7, 11) is 0. The second-order valence-corrected chi connectivity index (χ2v) is 3.17. The number of rotatable bonds is 3. The molecular formula is C12H13NO. The lowest BCUT2D eigenvalue weighted by molar-refractivity contribution is 0.581. The first-order chi connectivity index (χ1) is 6.92. The van der Waals surface area contributed by atoms with Gasteiger partial charge < -0.3 is 10.2 Å². The van der Waals surface area contributed by atoms with E-state index in [4.69, 9.17) is 10.2 Å². The van der Waals surface area contributed by atoms with Gasteiger partial charge in [-0.1, -0.05) is 24.3 Å². The lowest BCUT2D eigenvalue weighted by Crippen LogP contribution is -2.03. The van der Waals surface area contributed by atoms with Gasteiger partial charge in [0.1, 0.15) is 5.76 Å². The minimum Gasteiger partial charge on any atom is -0.464 e. The molecule has 14 heavy (non-hydrogen) atoms. The lowest BCUT2D eigenvalue weighted by atomic mass is 10.0. The van der Waals surface area contributed by atoms with Crippen molar-refractivity contribution in [1.82, 2.24) is 0 Å². The minimum atomic E-state index is 0.664. The Balaban J connectivity index is 2.42. The molecule has 0 spiro atoms. The normalized spacial score (nSPS) is 10.4. The van der Waals surface area contributed by atoms with E-state index in [0.717, 1.165) is 17.7 Å². The van der Waals surface area contributed by atoms with E-state index >= 15 is 0 Å². The quantitative estimate of drug-likeness (QED) is 0.801. The highest BCUT2D eigenvalue weighted by molar-refractivity contribution is 5.61. The highest BCUT2D eigenvalue weighted by atomic mass is 16.3. The first kappa shape index (κ1) is 9.03. The van der Waals surface area contributed by atoms with Crippen molar-refractivity contribution in [1.29, 1.82) is 0 Å². The first-order valence-electron chi connectivity index (χ1n) is 4.73. The molecule has 2 heteroatoms. The van der Waals surface area contributed by atoms with Crippen molar-refractivity contribution < 1.29 is 4.42 Å². The summed E-state index contributed by atoms with van der Waals surface area (Å²) in [6.07, 6.45) is 2.57. The van der Waals surface area contributed by atoms with Crippen LogP contribution in [-0.4, -0.2) is 6.54 Å². The smallest absolute Gasteiger partial charge is 0.134 e. The summed E-state index contributed by atoms with van der Waals surface area (Å²) in [6.45, 7) is 0.664. The van der Waals surface area contributed by atoms with Crippen molar-refractivity contribution >= 4 is 0 Å². The molecule has 0 unspecified atom stereocenters. The molecule has 0 bridgehead atoms. The number of hydrogen-bond acceptors (Lipinski definition) is 2. The third kappa shape index (κ3) is 1.70. The van der Waals surface area contributed by atoms with Crippen LogP contribution in [0.25, 0.3) is 11.3 Å². The highest BCUT2D eigenvalue weighted by Gasteiger charge is 2.05. The average Bonchev–Trinajstić information content (AvgIpc) is 2.72. The second-order valence-electron chi connectivity index (χ2n) is 3.17. The minimum absolute atomic E-state index is 0.664. The maximum Gasteiger partial charge on any atom is 0.134 e. The van der Waals surface area contributed by atoms with Gasteiger partial charge in [-0.3, -0.25) is 0 Å². The summed E-state index contributed by atoms with van der Waals surface area (Å²) in [5.74, 6) is 0.911.